The Labute approximate surface area is 97.1 Å². The van der Waals surface area contributed by atoms with E-state index >= 15 is 0 Å². The van der Waals surface area contributed by atoms with Gasteiger partial charge in [-0.3, -0.25) is 4.79 Å². The molecule has 1 aliphatic rings. The van der Waals surface area contributed by atoms with Crippen LogP contribution in [0, 0.1) is 0 Å². The zero-order chi connectivity index (χ0) is 12.0. The summed E-state index contributed by atoms with van der Waals surface area (Å²) < 4.78 is 0. The fourth-order valence-corrected chi connectivity index (χ4v) is 1.97. The average Bonchev–Trinajstić information content (AvgIpc) is 2.70. The van der Waals surface area contributed by atoms with Crippen LogP contribution in [0.25, 0.3) is 0 Å². The van der Waals surface area contributed by atoms with Crippen molar-refractivity contribution in [3.8, 4) is 0 Å². The van der Waals surface area contributed by atoms with Gasteiger partial charge in [0.25, 0.3) is 0 Å². The van der Waals surface area contributed by atoms with Crippen molar-refractivity contribution in [3.05, 3.63) is 12.7 Å². The van der Waals surface area contributed by atoms with Gasteiger partial charge in [0, 0.05) is 13.1 Å². The Morgan fingerprint density at radius 1 is 1.56 bits per heavy atom. The summed E-state index contributed by atoms with van der Waals surface area (Å²) in [6, 6.07) is -0.274. The van der Waals surface area contributed by atoms with E-state index in [9.17, 15) is 9.90 Å². The second-order valence-electron chi connectivity index (χ2n) is 4.57. The molecule has 0 aromatic heterocycles. The summed E-state index contributed by atoms with van der Waals surface area (Å²) in [4.78, 5) is 11.5. The van der Waals surface area contributed by atoms with Gasteiger partial charge in [-0.2, -0.15) is 0 Å². The molecule has 1 fully saturated rings. The van der Waals surface area contributed by atoms with Crippen molar-refractivity contribution in [1.29, 1.82) is 0 Å². The van der Waals surface area contributed by atoms with Gasteiger partial charge in [-0.15, -0.1) is 6.58 Å². The molecule has 1 unspecified atom stereocenters. The summed E-state index contributed by atoms with van der Waals surface area (Å²) >= 11 is 0. The molecule has 1 amide bonds. The molecular weight excluding hydrogens is 204 g/mol. The minimum atomic E-state index is -0.604. The van der Waals surface area contributed by atoms with Crippen LogP contribution in [-0.4, -0.2) is 35.7 Å². The third-order valence-electron chi connectivity index (χ3n) is 3.09. The van der Waals surface area contributed by atoms with Crippen LogP contribution in [0.3, 0.4) is 0 Å². The maximum Gasteiger partial charge on any atom is 0.237 e. The maximum absolute atomic E-state index is 11.5. The molecule has 0 bridgehead atoms. The van der Waals surface area contributed by atoms with Gasteiger partial charge in [0.05, 0.1) is 11.6 Å². The fourth-order valence-electron chi connectivity index (χ4n) is 1.97. The number of rotatable bonds is 6. The summed E-state index contributed by atoms with van der Waals surface area (Å²) in [5.41, 5.74) is -0.604. The number of carbonyl (C=O) groups is 1. The number of nitrogens with one attached hydrogen (secondary N) is 2. The average molecular weight is 226 g/mol. The Bertz CT molecular complexity index is 247. The lowest BCUT2D eigenvalue weighted by atomic mass is 10.0. The van der Waals surface area contributed by atoms with Gasteiger partial charge in [0.2, 0.25) is 5.91 Å². The van der Waals surface area contributed by atoms with E-state index in [0.29, 0.717) is 13.1 Å². The predicted octanol–water partition coefficient (Wildman–Crippen LogP) is 0.572. The molecule has 0 aromatic carbocycles. The second-order valence-corrected chi connectivity index (χ2v) is 4.57. The van der Waals surface area contributed by atoms with Crippen LogP contribution in [0.2, 0.25) is 0 Å². The summed E-state index contributed by atoms with van der Waals surface area (Å²) in [5.74, 6) is -0.0542. The number of carbonyl (C=O) groups excluding carboxylic acids is 1. The molecule has 0 aliphatic heterocycles. The molecule has 3 N–H and O–H groups in total. The van der Waals surface area contributed by atoms with Crippen molar-refractivity contribution in [3.63, 3.8) is 0 Å². The maximum atomic E-state index is 11.5. The van der Waals surface area contributed by atoms with Crippen LogP contribution >= 0.6 is 0 Å². The molecule has 1 rings (SSSR count). The summed E-state index contributed by atoms with van der Waals surface area (Å²) in [7, 11) is 0. The van der Waals surface area contributed by atoms with E-state index in [4.69, 9.17) is 0 Å². The Balaban J connectivity index is 2.25. The minimum absolute atomic E-state index is 0.0542. The number of hydrogen-bond acceptors (Lipinski definition) is 3. The highest BCUT2D eigenvalue weighted by Crippen LogP contribution is 2.28. The highest BCUT2D eigenvalue weighted by molar-refractivity contribution is 5.81. The van der Waals surface area contributed by atoms with Gasteiger partial charge in [0.1, 0.15) is 0 Å². The van der Waals surface area contributed by atoms with Gasteiger partial charge in [-0.05, 0) is 19.8 Å². The molecule has 0 heterocycles. The van der Waals surface area contributed by atoms with Crippen LogP contribution in [0.1, 0.15) is 32.6 Å². The van der Waals surface area contributed by atoms with Gasteiger partial charge in [-0.25, -0.2) is 0 Å². The lowest BCUT2D eigenvalue weighted by Gasteiger charge is -2.24. The van der Waals surface area contributed by atoms with Crippen LogP contribution in [-0.2, 0) is 4.79 Å². The van der Waals surface area contributed by atoms with Crippen molar-refractivity contribution in [1.82, 2.24) is 10.6 Å². The first-order valence-electron chi connectivity index (χ1n) is 5.92. The van der Waals surface area contributed by atoms with E-state index < -0.39 is 5.60 Å². The lowest BCUT2D eigenvalue weighted by Crippen LogP contribution is -2.48. The topological polar surface area (TPSA) is 61.4 Å². The van der Waals surface area contributed by atoms with Gasteiger partial charge >= 0.3 is 0 Å². The smallest absolute Gasteiger partial charge is 0.237 e. The molecule has 0 spiro atoms. The van der Waals surface area contributed by atoms with E-state index in [1.807, 2.05) is 0 Å². The number of amides is 1. The Morgan fingerprint density at radius 2 is 2.19 bits per heavy atom. The molecule has 92 valence electrons. The standard InChI is InChI=1S/C12H22N2O2/c1-3-8-13-11(15)10(2)14-9-12(16)6-4-5-7-12/h3,10,14,16H,1,4-9H2,2H3,(H,13,15). The molecular formula is C12H22N2O2. The Morgan fingerprint density at radius 3 is 2.75 bits per heavy atom. The number of hydrogen-bond donors (Lipinski definition) is 3. The monoisotopic (exact) mass is 226 g/mol. The zero-order valence-corrected chi connectivity index (χ0v) is 9.96. The number of aliphatic hydroxyl groups is 1. The molecule has 1 aliphatic carbocycles. The van der Waals surface area contributed by atoms with Gasteiger partial charge < -0.3 is 15.7 Å². The highest BCUT2D eigenvalue weighted by Gasteiger charge is 2.31. The Kier molecular flexibility index (Phi) is 4.96. The third-order valence-corrected chi connectivity index (χ3v) is 3.09. The highest BCUT2D eigenvalue weighted by atomic mass is 16.3. The first-order chi connectivity index (χ1) is 7.57. The van der Waals surface area contributed by atoms with Crippen LogP contribution in [0.5, 0.6) is 0 Å². The summed E-state index contributed by atoms with van der Waals surface area (Å²) in [5, 5.41) is 15.9. The fraction of sp³-hybridized carbons (Fsp3) is 0.750. The van der Waals surface area contributed by atoms with Crippen LogP contribution in [0.15, 0.2) is 12.7 Å². The first-order valence-corrected chi connectivity index (χ1v) is 5.92. The van der Waals surface area contributed by atoms with E-state index in [2.05, 4.69) is 17.2 Å². The molecule has 1 saturated carbocycles. The van der Waals surface area contributed by atoms with Gasteiger partial charge in [0.15, 0.2) is 0 Å². The molecule has 0 aromatic rings. The summed E-state index contributed by atoms with van der Waals surface area (Å²) in [6.07, 6.45) is 5.47. The van der Waals surface area contributed by atoms with Crippen LogP contribution < -0.4 is 10.6 Å². The van der Waals surface area contributed by atoms with Crippen molar-refractivity contribution < 1.29 is 9.90 Å². The Hall–Kier alpha value is -0.870. The summed E-state index contributed by atoms with van der Waals surface area (Å²) in [6.45, 7) is 6.32. The lowest BCUT2D eigenvalue weighted by molar-refractivity contribution is -0.122. The van der Waals surface area contributed by atoms with Gasteiger partial charge in [-0.1, -0.05) is 18.9 Å². The van der Waals surface area contributed by atoms with Crippen LogP contribution in [0.4, 0.5) is 0 Å². The molecule has 4 heteroatoms. The van der Waals surface area contributed by atoms with Crippen molar-refractivity contribution >= 4 is 5.91 Å². The molecule has 16 heavy (non-hydrogen) atoms. The minimum Gasteiger partial charge on any atom is -0.389 e. The van der Waals surface area contributed by atoms with Crippen molar-refractivity contribution in [2.75, 3.05) is 13.1 Å². The molecule has 4 nitrogen and oxygen atoms in total. The first kappa shape index (κ1) is 13.2. The molecule has 0 radical (unpaired) electrons. The van der Waals surface area contributed by atoms with E-state index in [1.165, 1.54) is 0 Å². The second kappa shape index (κ2) is 6.01. The molecule has 1 atom stereocenters. The predicted molar refractivity (Wildman–Crippen MR) is 64.1 cm³/mol. The van der Waals surface area contributed by atoms with E-state index in [0.717, 1.165) is 25.7 Å². The molecule has 0 saturated heterocycles. The largest absolute Gasteiger partial charge is 0.389 e. The normalized spacial score (nSPS) is 20.4. The van der Waals surface area contributed by atoms with Crippen molar-refractivity contribution in [2.45, 2.75) is 44.2 Å². The van der Waals surface area contributed by atoms with Crippen molar-refractivity contribution in [2.24, 2.45) is 0 Å². The van der Waals surface area contributed by atoms with E-state index in [1.54, 1.807) is 13.0 Å². The SMILES string of the molecule is C=CCNC(=O)C(C)NCC1(O)CCCC1. The zero-order valence-electron chi connectivity index (χ0n) is 9.96. The third kappa shape index (κ3) is 3.94. The van der Waals surface area contributed by atoms with E-state index in [-0.39, 0.29) is 11.9 Å². The quantitative estimate of drug-likeness (QED) is 0.580.